The maximum Gasteiger partial charge on any atom is 0.187 e. The Kier molecular flexibility index (Phi) is 29.1. The predicted molar refractivity (Wildman–Crippen MR) is 353 cm³/mol. The van der Waals surface area contributed by atoms with Gasteiger partial charge in [-0.05, 0) is 104 Å². The predicted octanol–water partition coefficient (Wildman–Crippen LogP) is -8.62. The molecule has 11 rings (SSSR count). The fraction of sp³-hybridized carbons (Fsp3) is 0.971. The van der Waals surface area contributed by atoms with Crippen LogP contribution in [0.2, 0.25) is 0 Å². The summed E-state index contributed by atoms with van der Waals surface area (Å²) in [6.45, 7) is 5.30. The number of allylic oxidation sites excluding steroid dienone is 1. The van der Waals surface area contributed by atoms with Crippen molar-refractivity contribution in [2.45, 2.75) is 320 Å². The molecule has 0 bridgehead atoms. The SMILES string of the molecule is CC(CCC(C)C1CCC2C3CC=C4CC(OC5OC(CO)C(O)C(O)C5O)CCC4(C)C3CCC12C)C(C)COC1OC(COC2OC(CO)C(OC3OC(CO)C(O)C(O)C3O)C(O)C2O)C(O)C(O)C1OC1OC(CO)C(OC2OC(CO)C(OC3OC(CO)C(O)C(O)C3O)C(O)C2O)C(O)C1O. The van der Waals surface area contributed by atoms with Crippen molar-refractivity contribution in [1.29, 1.82) is 0 Å². The van der Waals surface area contributed by atoms with Crippen LogP contribution in [-0.2, 0) is 66.3 Å². The Bertz CT molecular complexity index is 2800. The van der Waals surface area contributed by atoms with Crippen molar-refractivity contribution in [2.75, 3.05) is 52.9 Å². The van der Waals surface area contributed by atoms with Gasteiger partial charge in [0.25, 0.3) is 0 Å². The van der Waals surface area contributed by atoms with Crippen LogP contribution >= 0.6 is 0 Å². The van der Waals surface area contributed by atoms with E-state index in [4.69, 9.17) is 66.3 Å². The molecule has 10 fully saturated rings. The van der Waals surface area contributed by atoms with Crippen molar-refractivity contribution in [1.82, 2.24) is 0 Å². The van der Waals surface area contributed by atoms with Gasteiger partial charge in [-0.15, -0.1) is 0 Å². The van der Waals surface area contributed by atoms with Gasteiger partial charge >= 0.3 is 0 Å². The number of aliphatic hydroxyl groups is 23. The van der Waals surface area contributed by atoms with E-state index in [0.717, 1.165) is 51.4 Å². The van der Waals surface area contributed by atoms with E-state index in [0.29, 0.717) is 42.4 Å². The summed E-state index contributed by atoms with van der Waals surface area (Å²) in [5.41, 5.74) is 1.39. The smallest absolute Gasteiger partial charge is 0.187 e. The van der Waals surface area contributed by atoms with Gasteiger partial charge in [-0.3, -0.25) is 0 Å². The van der Waals surface area contributed by atoms with Gasteiger partial charge in [0.05, 0.1) is 59.0 Å². The van der Waals surface area contributed by atoms with Gasteiger partial charge in [-0.25, -0.2) is 0 Å². The minimum Gasteiger partial charge on any atom is -0.394 e. The van der Waals surface area contributed by atoms with Crippen LogP contribution in [0.25, 0.3) is 0 Å². The summed E-state index contributed by atoms with van der Waals surface area (Å²) >= 11 is 0. The van der Waals surface area contributed by atoms with E-state index >= 15 is 0 Å². The highest BCUT2D eigenvalue weighted by molar-refractivity contribution is 5.26. The summed E-state index contributed by atoms with van der Waals surface area (Å²) < 4.78 is 82.2. The average molecular weight is 1550 g/mol. The first-order valence-electron chi connectivity index (χ1n) is 37.8. The molecule has 45 atom stereocenters. The van der Waals surface area contributed by atoms with E-state index < -0.39 is 261 Å². The topological polar surface area (TPSA) is 595 Å². The zero-order valence-corrected chi connectivity index (χ0v) is 60.6. The van der Waals surface area contributed by atoms with Crippen LogP contribution in [0, 0.1) is 52.3 Å². The summed E-state index contributed by atoms with van der Waals surface area (Å²) in [6, 6.07) is 0. The van der Waals surface area contributed by atoms with Gasteiger partial charge in [0.2, 0.25) is 0 Å². The summed E-state index contributed by atoms with van der Waals surface area (Å²) in [5, 5.41) is 247. The van der Waals surface area contributed by atoms with E-state index in [1.54, 1.807) is 0 Å². The first-order chi connectivity index (χ1) is 50.8. The molecule has 107 heavy (non-hydrogen) atoms. The third kappa shape index (κ3) is 17.3. The van der Waals surface area contributed by atoms with E-state index in [2.05, 4.69) is 33.8 Å². The highest BCUT2D eigenvalue weighted by Gasteiger charge is 2.62. The van der Waals surface area contributed by atoms with Gasteiger partial charge in [0.15, 0.2) is 44.0 Å². The van der Waals surface area contributed by atoms with E-state index in [1.807, 2.05) is 6.92 Å². The van der Waals surface area contributed by atoms with Gasteiger partial charge in [-0.2, -0.15) is 0 Å². The molecule has 37 heteroatoms. The standard InChI is InChI=1S/C70H118O37/c1-25(6-7-26(2)31-10-11-32-30-9-8-28-16-29(12-14-69(28,4)33(30)13-15-70(31,32)5)96-63-52(88)45(81)41(77)34(17-71)97-63)27(3)23-94-68-61(48(84)44(80)40(103-68)24-95-62-55(91)49(85)58(37(20-74)100-62)104-64-53(89)46(82)42(78)35(18-72)98-64)107-67-57(93)51(87)60(39(22-76)102-67)106-66-56(92)50(86)59(38(21-75)101-66)105-65-54(90)47(83)43(79)36(19-73)99-65/h8,25-27,29-68,71-93H,6-7,9-24H2,1-5H3. The lowest BCUT2D eigenvalue weighted by molar-refractivity contribution is -0.393. The lowest BCUT2D eigenvalue weighted by atomic mass is 9.47. The number of aliphatic hydroxyl groups excluding tert-OH is 23. The summed E-state index contributed by atoms with van der Waals surface area (Å²) in [6.07, 6.45) is -50.9. The Hall–Kier alpha value is -1.74. The van der Waals surface area contributed by atoms with Crippen molar-refractivity contribution in [2.24, 2.45) is 52.3 Å². The van der Waals surface area contributed by atoms with Crippen LogP contribution in [0.5, 0.6) is 0 Å². The van der Waals surface area contributed by atoms with Crippen LogP contribution in [0.1, 0.15) is 98.8 Å². The van der Waals surface area contributed by atoms with Crippen LogP contribution in [0.4, 0.5) is 0 Å². The Morgan fingerprint density at radius 1 is 0.374 bits per heavy atom. The van der Waals surface area contributed by atoms with Crippen molar-refractivity contribution in [3.63, 3.8) is 0 Å². The second kappa shape index (κ2) is 36.2. The normalized spacial score (nSPS) is 52.0. The Morgan fingerprint density at radius 3 is 1.23 bits per heavy atom. The van der Waals surface area contributed by atoms with Crippen LogP contribution in [0.15, 0.2) is 11.6 Å². The number of fused-ring (bicyclic) bond motifs is 5. The third-order valence-electron chi connectivity index (χ3n) is 26.0. The Morgan fingerprint density at radius 2 is 0.766 bits per heavy atom. The molecule has 0 amide bonds. The molecule has 11 aliphatic rings. The second-order valence-corrected chi connectivity index (χ2v) is 32.3. The summed E-state index contributed by atoms with van der Waals surface area (Å²) in [7, 11) is 0. The monoisotopic (exact) mass is 1550 g/mol. The largest absolute Gasteiger partial charge is 0.394 e. The molecule has 37 nitrogen and oxygen atoms in total. The molecule has 7 saturated heterocycles. The number of hydrogen-bond donors (Lipinski definition) is 23. The van der Waals surface area contributed by atoms with Gasteiger partial charge in [0.1, 0.15) is 171 Å². The van der Waals surface area contributed by atoms with Crippen LogP contribution < -0.4 is 0 Å². The molecule has 0 aromatic carbocycles. The maximum absolute atomic E-state index is 12.1. The minimum absolute atomic E-state index is 0.00370. The summed E-state index contributed by atoms with van der Waals surface area (Å²) in [4.78, 5) is 0. The molecule has 620 valence electrons. The van der Waals surface area contributed by atoms with Gasteiger partial charge < -0.3 is 184 Å². The van der Waals surface area contributed by atoms with Crippen molar-refractivity contribution in [3.05, 3.63) is 11.6 Å². The average Bonchev–Trinajstić information content (AvgIpc) is 1.68. The molecule has 3 saturated carbocycles. The molecule has 0 radical (unpaired) electrons. The first kappa shape index (κ1) is 86.1. The molecule has 23 N–H and O–H groups in total. The van der Waals surface area contributed by atoms with E-state index in [9.17, 15) is 117 Å². The molecule has 7 heterocycles. The molecule has 0 spiro atoms. The molecule has 0 aromatic heterocycles. The summed E-state index contributed by atoms with van der Waals surface area (Å²) in [5.74, 6) is 2.03. The van der Waals surface area contributed by atoms with Crippen molar-refractivity contribution >= 4 is 0 Å². The third-order valence-corrected chi connectivity index (χ3v) is 26.0. The van der Waals surface area contributed by atoms with Gasteiger partial charge in [0, 0.05) is 0 Å². The quantitative estimate of drug-likeness (QED) is 0.0340. The Labute approximate surface area is 618 Å². The van der Waals surface area contributed by atoms with E-state index in [-0.39, 0.29) is 35.4 Å². The van der Waals surface area contributed by atoms with E-state index in [1.165, 1.54) is 5.57 Å². The highest BCUT2D eigenvalue weighted by atomic mass is 16.8. The first-order valence-corrected chi connectivity index (χ1v) is 37.8. The zero-order valence-electron chi connectivity index (χ0n) is 60.6. The fourth-order valence-corrected chi connectivity index (χ4v) is 19.0. The lowest BCUT2D eigenvalue weighted by Crippen LogP contribution is -2.67. The Balaban J connectivity index is 0.734. The maximum atomic E-state index is 12.1. The fourth-order valence-electron chi connectivity index (χ4n) is 19.0. The second-order valence-electron chi connectivity index (χ2n) is 32.3. The molecule has 7 aliphatic heterocycles. The number of ether oxygens (including phenoxy) is 14. The number of hydrogen-bond acceptors (Lipinski definition) is 37. The molecule has 45 unspecified atom stereocenters. The molecule has 0 aromatic rings. The molecule has 4 aliphatic carbocycles. The van der Waals surface area contributed by atoms with Gasteiger partial charge in [-0.1, -0.05) is 59.1 Å². The highest BCUT2D eigenvalue weighted by Crippen LogP contribution is 2.68. The van der Waals surface area contributed by atoms with Crippen LogP contribution in [-0.4, -0.2) is 391 Å². The molecular weight excluding hydrogens is 1430 g/mol. The van der Waals surface area contributed by atoms with Crippen LogP contribution in [0.3, 0.4) is 0 Å². The van der Waals surface area contributed by atoms with Crippen molar-refractivity contribution < 1.29 is 184 Å². The molecular formula is C70H118O37. The van der Waals surface area contributed by atoms with Crippen molar-refractivity contribution in [3.8, 4) is 0 Å². The number of rotatable bonds is 27. The lowest BCUT2D eigenvalue weighted by Gasteiger charge is -2.58. The minimum atomic E-state index is -2.17. The zero-order chi connectivity index (χ0) is 77.7.